The molecule has 2 aromatic carbocycles. The lowest BCUT2D eigenvalue weighted by Gasteiger charge is -2.13. The van der Waals surface area contributed by atoms with E-state index in [2.05, 4.69) is 33.7 Å². The zero-order valence-electron chi connectivity index (χ0n) is 10.2. The SMILES string of the molecule is [CH]c1cccc(-c2c([O][Al])ccc3ccccc23)n1. The van der Waals surface area contributed by atoms with Crippen LogP contribution in [-0.2, 0) is 0 Å². The molecule has 0 spiro atoms. The van der Waals surface area contributed by atoms with Crippen LogP contribution in [0.15, 0.2) is 54.6 Å². The van der Waals surface area contributed by atoms with E-state index in [0.29, 0.717) is 5.69 Å². The number of benzene rings is 2. The monoisotopic (exact) mass is 259 g/mol. The zero-order chi connectivity index (χ0) is 13.2. The zero-order valence-corrected chi connectivity index (χ0v) is 11.4. The van der Waals surface area contributed by atoms with Gasteiger partial charge in [-0.25, -0.2) is 0 Å². The van der Waals surface area contributed by atoms with Crippen LogP contribution in [0.2, 0.25) is 0 Å². The van der Waals surface area contributed by atoms with Crippen molar-refractivity contribution in [1.29, 1.82) is 0 Å². The Hall–Kier alpha value is -1.82. The summed E-state index contributed by atoms with van der Waals surface area (Å²) >= 11 is 2.28. The minimum atomic E-state index is 0.500. The van der Waals surface area contributed by atoms with Gasteiger partial charge in [0.25, 0.3) is 0 Å². The maximum absolute atomic E-state index is 5.77. The Balaban J connectivity index is 2.37. The molecule has 0 atom stereocenters. The quantitative estimate of drug-likeness (QED) is 0.658. The van der Waals surface area contributed by atoms with Crippen LogP contribution in [0.1, 0.15) is 5.69 Å². The van der Waals surface area contributed by atoms with Gasteiger partial charge in [-0.2, -0.15) is 0 Å². The number of hydrogen-bond acceptors (Lipinski definition) is 2. The van der Waals surface area contributed by atoms with Crippen LogP contribution in [0.5, 0.6) is 5.75 Å². The van der Waals surface area contributed by atoms with Crippen molar-refractivity contribution in [2.24, 2.45) is 0 Å². The summed E-state index contributed by atoms with van der Waals surface area (Å²) in [4.78, 5) is 4.39. The highest BCUT2D eigenvalue weighted by Crippen LogP contribution is 2.35. The van der Waals surface area contributed by atoms with Crippen LogP contribution in [0.3, 0.4) is 0 Å². The summed E-state index contributed by atoms with van der Waals surface area (Å²) in [5.74, 6) is 0.766. The molecule has 0 aliphatic carbocycles. The molecule has 1 heterocycles. The van der Waals surface area contributed by atoms with E-state index in [9.17, 15) is 0 Å². The van der Waals surface area contributed by atoms with Gasteiger partial charge in [0.1, 0.15) is 0 Å². The molecular formula is C16H10AlNO. The van der Waals surface area contributed by atoms with Crippen molar-refractivity contribution in [3.05, 3.63) is 67.2 Å². The van der Waals surface area contributed by atoms with E-state index in [-0.39, 0.29) is 0 Å². The highest BCUT2D eigenvalue weighted by atomic mass is 27.1. The summed E-state index contributed by atoms with van der Waals surface area (Å²) < 4.78 is 5.38. The molecule has 0 saturated heterocycles. The van der Waals surface area contributed by atoms with Gasteiger partial charge < -0.3 is 3.79 Å². The molecule has 3 heteroatoms. The van der Waals surface area contributed by atoms with Crippen LogP contribution in [0.25, 0.3) is 22.0 Å². The molecule has 4 radical (unpaired) electrons. The molecule has 0 N–H and O–H groups in total. The Morgan fingerprint density at radius 1 is 0.947 bits per heavy atom. The Morgan fingerprint density at radius 2 is 1.79 bits per heavy atom. The molecule has 2 nitrogen and oxygen atoms in total. The van der Waals surface area contributed by atoms with Crippen molar-refractivity contribution >= 4 is 27.4 Å². The van der Waals surface area contributed by atoms with Gasteiger partial charge in [0.15, 0.2) is 0 Å². The van der Waals surface area contributed by atoms with E-state index < -0.39 is 0 Å². The van der Waals surface area contributed by atoms with Crippen molar-refractivity contribution in [1.82, 2.24) is 4.98 Å². The largest absolute Gasteiger partial charge is 0.653 e. The van der Waals surface area contributed by atoms with Crippen molar-refractivity contribution in [3.8, 4) is 17.0 Å². The van der Waals surface area contributed by atoms with E-state index >= 15 is 0 Å². The number of hydrogen-bond donors (Lipinski definition) is 0. The second kappa shape index (κ2) is 5.05. The fraction of sp³-hybridized carbons (Fsp3) is 0. The summed E-state index contributed by atoms with van der Waals surface area (Å²) in [6.07, 6.45) is 0. The average Bonchev–Trinajstić information content (AvgIpc) is 2.46. The maximum atomic E-state index is 5.77. The van der Waals surface area contributed by atoms with Crippen LogP contribution >= 0.6 is 0 Å². The molecule has 3 aromatic rings. The van der Waals surface area contributed by atoms with E-state index in [4.69, 9.17) is 10.7 Å². The summed E-state index contributed by atoms with van der Waals surface area (Å²) in [6.45, 7) is 5.77. The topological polar surface area (TPSA) is 22.1 Å². The fourth-order valence-corrected chi connectivity index (χ4v) is 2.40. The molecule has 1 aromatic heterocycles. The molecule has 3 rings (SSSR count). The lowest BCUT2D eigenvalue weighted by Crippen LogP contribution is -1.93. The molecule has 0 aliphatic heterocycles. The first-order valence-electron chi connectivity index (χ1n) is 5.91. The average molecular weight is 259 g/mol. The molecule has 0 bridgehead atoms. The van der Waals surface area contributed by atoms with Crippen molar-refractivity contribution in [2.45, 2.75) is 0 Å². The minimum absolute atomic E-state index is 0.500. The van der Waals surface area contributed by atoms with Gasteiger partial charge in [-0.15, -0.1) is 0 Å². The van der Waals surface area contributed by atoms with E-state index in [1.54, 1.807) is 6.07 Å². The number of nitrogens with zero attached hydrogens (tertiary/aromatic N) is 1. The Kier molecular flexibility index (Phi) is 3.25. The van der Waals surface area contributed by atoms with Crippen LogP contribution in [0.4, 0.5) is 0 Å². The van der Waals surface area contributed by atoms with Crippen LogP contribution in [-0.4, -0.2) is 21.6 Å². The lowest BCUT2D eigenvalue weighted by molar-refractivity contribution is 0.619. The molecule has 0 saturated carbocycles. The molecular weight excluding hydrogens is 249 g/mol. The Bertz CT molecular complexity index is 740. The molecule has 0 aliphatic rings. The third-order valence-electron chi connectivity index (χ3n) is 3.04. The fourth-order valence-electron chi connectivity index (χ4n) is 2.20. The molecule has 0 fully saturated rings. The van der Waals surface area contributed by atoms with E-state index in [1.165, 1.54) is 0 Å². The van der Waals surface area contributed by atoms with Gasteiger partial charge in [0.2, 0.25) is 0 Å². The summed E-state index contributed by atoms with van der Waals surface area (Å²) in [5, 5.41) is 2.24. The van der Waals surface area contributed by atoms with Gasteiger partial charge in [0, 0.05) is 18.2 Å². The third-order valence-corrected chi connectivity index (χ3v) is 3.30. The van der Waals surface area contributed by atoms with Gasteiger partial charge in [0.05, 0.1) is 11.4 Å². The van der Waals surface area contributed by atoms with Crippen molar-refractivity contribution in [2.75, 3.05) is 0 Å². The summed E-state index contributed by atoms with van der Waals surface area (Å²) in [5.41, 5.74) is 2.27. The van der Waals surface area contributed by atoms with Gasteiger partial charge in [-0.05, 0) is 29.0 Å². The maximum Gasteiger partial charge on any atom is 0.482 e. The molecule has 0 unspecified atom stereocenters. The minimum Gasteiger partial charge on any atom is -0.653 e. The predicted octanol–water partition coefficient (Wildman–Crippen LogP) is 3.42. The highest BCUT2D eigenvalue weighted by Gasteiger charge is 2.10. The third kappa shape index (κ3) is 2.23. The number of pyridine rings is 1. The lowest BCUT2D eigenvalue weighted by atomic mass is 10.0. The van der Waals surface area contributed by atoms with E-state index in [1.807, 2.05) is 36.4 Å². The van der Waals surface area contributed by atoms with E-state index in [0.717, 1.165) is 27.8 Å². The normalized spacial score (nSPS) is 10.6. The summed E-state index contributed by atoms with van der Waals surface area (Å²) in [6, 6.07) is 17.7. The summed E-state index contributed by atoms with van der Waals surface area (Å²) in [7, 11) is 0. The molecule has 19 heavy (non-hydrogen) atoms. The number of fused-ring (bicyclic) bond motifs is 1. The highest BCUT2D eigenvalue weighted by molar-refractivity contribution is 6.04. The van der Waals surface area contributed by atoms with Gasteiger partial charge >= 0.3 is 16.6 Å². The van der Waals surface area contributed by atoms with Crippen molar-refractivity contribution in [3.63, 3.8) is 0 Å². The smallest absolute Gasteiger partial charge is 0.482 e. The first kappa shape index (κ1) is 12.2. The predicted molar refractivity (Wildman–Crippen MR) is 77.0 cm³/mol. The molecule has 88 valence electrons. The van der Waals surface area contributed by atoms with Crippen molar-refractivity contribution < 1.29 is 3.79 Å². The number of rotatable bonds is 2. The first-order valence-corrected chi connectivity index (χ1v) is 6.38. The Morgan fingerprint density at radius 3 is 2.58 bits per heavy atom. The standard InChI is InChI=1S/C16H11NO.Al/c1-11-5-4-8-14(17-11)16-13-7-3-2-6-12(13)9-10-15(16)18;/h1-10,18H;/q;+1/p-1. The van der Waals surface area contributed by atoms with Gasteiger partial charge in [-0.1, -0.05) is 36.4 Å². The molecule has 0 amide bonds. The number of aromatic nitrogens is 1. The van der Waals surface area contributed by atoms with Gasteiger partial charge in [-0.3, -0.25) is 4.98 Å². The Labute approximate surface area is 120 Å². The van der Waals surface area contributed by atoms with Crippen LogP contribution < -0.4 is 3.79 Å². The first-order chi connectivity index (χ1) is 9.29. The van der Waals surface area contributed by atoms with Crippen LogP contribution in [0, 0.1) is 6.92 Å². The second-order valence-corrected chi connectivity index (χ2v) is 4.46. The second-order valence-electron chi connectivity index (χ2n) is 4.23.